The first kappa shape index (κ1) is 20.3. The van der Waals surface area contributed by atoms with Gasteiger partial charge in [0.25, 0.3) is 5.91 Å². The lowest BCUT2D eigenvalue weighted by Crippen LogP contribution is -2.32. The van der Waals surface area contributed by atoms with E-state index >= 15 is 0 Å². The molecule has 1 saturated heterocycles. The Morgan fingerprint density at radius 1 is 1.36 bits per heavy atom. The molecule has 1 aromatic carbocycles. The minimum Gasteiger partial charge on any atom is -0.484 e. The Kier molecular flexibility index (Phi) is 6.66. The van der Waals surface area contributed by atoms with E-state index in [0.717, 1.165) is 0 Å². The number of methoxy groups -OCH3 is 1. The minimum absolute atomic E-state index is 0.109. The fraction of sp³-hybridized carbons (Fsp3) is 0.263. The number of nitrogens with zero attached hydrogens (tertiary/aromatic N) is 1. The number of carbonyl (C=O) groups is 1. The maximum absolute atomic E-state index is 13.1. The Bertz CT molecular complexity index is 915. The van der Waals surface area contributed by atoms with Gasteiger partial charge in [-0.15, -0.1) is 0 Å². The summed E-state index contributed by atoms with van der Waals surface area (Å²) in [4.78, 5) is 13.9. The highest BCUT2D eigenvalue weighted by Gasteiger charge is 2.30. The van der Waals surface area contributed by atoms with Crippen LogP contribution >= 0.6 is 23.8 Å². The summed E-state index contributed by atoms with van der Waals surface area (Å²) >= 11 is 11.1. The van der Waals surface area contributed by atoms with Crippen molar-refractivity contribution in [2.24, 2.45) is 0 Å². The lowest BCUT2D eigenvalue weighted by molar-refractivity contribution is -0.122. The van der Waals surface area contributed by atoms with Gasteiger partial charge in [0.05, 0.1) is 5.02 Å². The Morgan fingerprint density at radius 3 is 2.93 bits per heavy atom. The molecule has 0 atom stereocenters. The molecule has 148 valence electrons. The van der Waals surface area contributed by atoms with Crippen LogP contribution < -0.4 is 10.1 Å². The fourth-order valence-electron chi connectivity index (χ4n) is 2.57. The van der Waals surface area contributed by atoms with Crippen LogP contribution in [0.2, 0.25) is 5.02 Å². The highest BCUT2D eigenvalue weighted by atomic mass is 35.5. The zero-order valence-electron chi connectivity index (χ0n) is 15.0. The summed E-state index contributed by atoms with van der Waals surface area (Å²) in [5.41, 5.74) is 0.339. The number of ether oxygens (including phenoxy) is 2. The lowest BCUT2D eigenvalue weighted by atomic mass is 10.3. The summed E-state index contributed by atoms with van der Waals surface area (Å²) < 4.78 is 29.3. The summed E-state index contributed by atoms with van der Waals surface area (Å²) in [7, 11) is 1.61. The van der Waals surface area contributed by atoms with Crippen molar-refractivity contribution in [1.29, 1.82) is 0 Å². The molecule has 1 aromatic heterocycles. The number of furan rings is 1. The van der Waals surface area contributed by atoms with Crippen molar-refractivity contribution >= 4 is 40.9 Å². The third kappa shape index (κ3) is 4.89. The minimum atomic E-state index is -0.438. The fourth-order valence-corrected chi connectivity index (χ4v) is 3.08. The Hall–Kier alpha value is -2.42. The van der Waals surface area contributed by atoms with Crippen molar-refractivity contribution in [3.63, 3.8) is 0 Å². The van der Waals surface area contributed by atoms with Crippen molar-refractivity contribution in [1.82, 2.24) is 10.2 Å². The molecule has 3 rings (SSSR count). The van der Waals surface area contributed by atoms with E-state index in [0.29, 0.717) is 47.7 Å². The first-order valence-corrected chi connectivity index (χ1v) is 9.26. The van der Waals surface area contributed by atoms with Gasteiger partial charge in [0, 0.05) is 26.3 Å². The van der Waals surface area contributed by atoms with Crippen LogP contribution in [0.3, 0.4) is 0 Å². The van der Waals surface area contributed by atoms with E-state index < -0.39 is 5.82 Å². The SMILES string of the molecule is COCCCN1C(=O)/C(=C\c2ccc(COc3ccc(F)cc3Cl)o2)NC1=S. The second kappa shape index (κ2) is 9.18. The molecular weight excluding hydrogens is 407 g/mol. The van der Waals surface area contributed by atoms with Crippen LogP contribution in [0.1, 0.15) is 17.9 Å². The van der Waals surface area contributed by atoms with Crippen molar-refractivity contribution in [3.05, 3.63) is 58.4 Å². The van der Waals surface area contributed by atoms with E-state index in [4.69, 9.17) is 37.7 Å². The monoisotopic (exact) mass is 424 g/mol. The van der Waals surface area contributed by atoms with Gasteiger partial charge in [0.2, 0.25) is 0 Å². The number of hydrogen-bond donors (Lipinski definition) is 1. The molecule has 1 fully saturated rings. The first-order valence-electron chi connectivity index (χ1n) is 8.48. The normalized spacial score (nSPS) is 15.4. The van der Waals surface area contributed by atoms with Gasteiger partial charge in [-0.25, -0.2) is 4.39 Å². The Balaban J connectivity index is 1.62. The number of carbonyl (C=O) groups excluding carboxylic acids is 1. The van der Waals surface area contributed by atoms with Crippen molar-refractivity contribution < 1.29 is 23.1 Å². The largest absolute Gasteiger partial charge is 0.484 e. The summed E-state index contributed by atoms with van der Waals surface area (Å²) in [6.07, 6.45) is 2.27. The predicted octanol–water partition coefficient (Wildman–Crippen LogP) is 3.75. The van der Waals surface area contributed by atoms with E-state index in [2.05, 4.69) is 5.32 Å². The smallest absolute Gasteiger partial charge is 0.276 e. The number of benzene rings is 1. The van der Waals surface area contributed by atoms with E-state index in [-0.39, 0.29) is 17.5 Å². The van der Waals surface area contributed by atoms with Crippen LogP contribution in [0.15, 0.2) is 40.4 Å². The molecule has 9 heteroatoms. The number of amides is 1. The van der Waals surface area contributed by atoms with Crippen molar-refractivity contribution in [3.8, 4) is 5.75 Å². The number of hydrogen-bond acceptors (Lipinski definition) is 5. The molecule has 2 aromatic rings. The van der Waals surface area contributed by atoms with Gasteiger partial charge >= 0.3 is 0 Å². The van der Waals surface area contributed by atoms with Crippen LogP contribution in [-0.2, 0) is 16.1 Å². The van der Waals surface area contributed by atoms with Gasteiger partial charge in [-0.3, -0.25) is 9.69 Å². The van der Waals surface area contributed by atoms with Crippen LogP contribution in [0.25, 0.3) is 6.08 Å². The molecule has 0 spiro atoms. The van der Waals surface area contributed by atoms with Gasteiger partial charge in [-0.1, -0.05) is 11.6 Å². The average molecular weight is 425 g/mol. The highest BCUT2D eigenvalue weighted by molar-refractivity contribution is 7.80. The summed E-state index contributed by atoms with van der Waals surface area (Å²) in [6.45, 7) is 1.13. The maximum Gasteiger partial charge on any atom is 0.276 e. The molecule has 0 saturated carbocycles. The standard InChI is InChI=1S/C19H18ClFN2O4S/c1-25-8-2-7-23-18(24)16(22-19(23)28)10-13-4-5-14(27-13)11-26-17-6-3-12(21)9-15(17)20/h3-6,9-10H,2,7-8,11H2,1H3,(H,22,28)/b16-10+. The average Bonchev–Trinajstić information content (AvgIpc) is 3.20. The third-order valence-corrected chi connectivity index (χ3v) is 4.54. The van der Waals surface area contributed by atoms with Gasteiger partial charge in [-0.05, 0) is 49.0 Å². The molecule has 0 bridgehead atoms. The molecule has 6 nitrogen and oxygen atoms in total. The van der Waals surface area contributed by atoms with E-state index in [1.54, 1.807) is 25.3 Å². The maximum atomic E-state index is 13.1. The number of halogens is 2. The van der Waals surface area contributed by atoms with Gasteiger partial charge in [0.15, 0.2) is 5.11 Å². The second-order valence-corrected chi connectivity index (χ2v) is 6.75. The lowest BCUT2D eigenvalue weighted by Gasteiger charge is -2.12. The van der Waals surface area contributed by atoms with Crippen LogP contribution in [0, 0.1) is 5.82 Å². The van der Waals surface area contributed by atoms with E-state index in [1.165, 1.54) is 23.1 Å². The Morgan fingerprint density at radius 2 is 2.18 bits per heavy atom. The van der Waals surface area contributed by atoms with E-state index in [9.17, 15) is 9.18 Å². The van der Waals surface area contributed by atoms with Crippen molar-refractivity contribution in [2.45, 2.75) is 13.0 Å². The van der Waals surface area contributed by atoms with Crippen LogP contribution in [-0.4, -0.2) is 36.2 Å². The molecular formula is C19H18ClFN2O4S. The zero-order valence-corrected chi connectivity index (χ0v) is 16.6. The summed E-state index contributed by atoms with van der Waals surface area (Å²) in [6, 6.07) is 7.32. The summed E-state index contributed by atoms with van der Waals surface area (Å²) in [5.74, 6) is 0.697. The molecule has 0 radical (unpaired) electrons. The molecule has 1 N–H and O–H groups in total. The van der Waals surface area contributed by atoms with Gasteiger partial charge in [0.1, 0.15) is 35.4 Å². The van der Waals surface area contributed by atoms with Crippen LogP contribution in [0.4, 0.5) is 4.39 Å². The molecule has 1 aliphatic heterocycles. The quantitative estimate of drug-likeness (QED) is 0.395. The highest BCUT2D eigenvalue weighted by Crippen LogP contribution is 2.26. The molecule has 2 heterocycles. The third-order valence-electron chi connectivity index (χ3n) is 3.93. The van der Waals surface area contributed by atoms with Crippen molar-refractivity contribution in [2.75, 3.05) is 20.3 Å². The molecule has 1 amide bonds. The van der Waals surface area contributed by atoms with Gasteiger partial charge < -0.3 is 19.2 Å². The molecule has 28 heavy (non-hydrogen) atoms. The van der Waals surface area contributed by atoms with Crippen LogP contribution in [0.5, 0.6) is 5.75 Å². The topological polar surface area (TPSA) is 63.9 Å². The molecule has 1 aliphatic rings. The van der Waals surface area contributed by atoms with Gasteiger partial charge in [-0.2, -0.15) is 0 Å². The Labute approximate surface area is 171 Å². The predicted molar refractivity (Wildman–Crippen MR) is 106 cm³/mol. The number of rotatable bonds is 8. The first-order chi connectivity index (χ1) is 13.5. The second-order valence-electron chi connectivity index (χ2n) is 5.96. The summed E-state index contributed by atoms with van der Waals surface area (Å²) in [5, 5.41) is 3.43. The number of nitrogens with one attached hydrogen (secondary N) is 1. The zero-order chi connectivity index (χ0) is 20.1. The molecule has 0 aliphatic carbocycles. The number of thiocarbonyl (C=S) groups is 1. The van der Waals surface area contributed by atoms with E-state index in [1.807, 2.05) is 0 Å². The molecule has 0 unspecified atom stereocenters.